The predicted molar refractivity (Wildman–Crippen MR) is 79.0 cm³/mol. The molecule has 1 aromatic heterocycles. The Kier molecular flexibility index (Phi) is 4.96. The van der Waals surface area contributed by atoms with Gasteiger partial charge in [0.15, 0.2) is 11.3 Å². The lowest BCUT2D eigenvalue weighted by Gasteiger charge is -2.17. The molecule has 2 rings (SSSR count). The number of nitrogens with one attached hydrogen (secondary N) is 1. The molecule has 4 nitrogen and oxygen atoms in total. The molecule has 0 saturated carbocycles. The topological polar surface area (TPSA) is 51.2 Å². The Hall–Kier alpha value is -2.07. The number of nitrogens with zero attached hydrogens (tertiary/aromatic N) is 1. The minimum Gasteiger partial charge on any atom is -0.481 e. The number of aromatic nitrogens is 1. The summed E-state index contributed by atoms with van der Waals surface area (Å²) in [4.78, 5) is 16.1. The Balaban J connectivity index is 2.04. The van der Waals surface area contributed by atoms with Crippen molar-refractivity contribution in [3.63, 3.8) is 0 Å². The van der Waals surface area contributed by atoms with Gasteiger partial charge in [0, 0.05) is 6.20 Å². The van der Waals surface area contributed by atoms with Gasteiger partial charge in [0.05, 0.1) is 5.69 Å². The van der Waals surface area contributed by atoms with Crippen molar-refractivity contribution in [3.8, 4) is 5.75 Å². The van der Waals surface area contributed by atoms with Gasteiger partial charge < -0.3 is 10.1 Å². The number of halogens is 1. The van der Waals surface area contributed by atoms with E-state index in [1.54, 1.807) is 18.3 Å². The van der Waals surface area contributed by atoms with E-state index < -0.39 is 6.10 Å². The molecule has 104 valence electrons. The molecule has 0 aliphatic rings. The molecule has 0 aliphatic heterocycles. The van der Waals surface area contributed by atoms with Crippen LogP contribution in [0.2, 0.25) is 5.15 Å². The second-order valence-corrected chi connectivity index (χ2v) is 4.52. The van der Waals surface area contributed by atoms with Crippen molar-refractivity contribution >= 4 is 23.2 Å². The van der Waals surface area contributed by atoms with Crippen molar-refractivity contribution in [2.75, 3.05) is 5.32 Å². The van der Waals surface area contributed by atoms with Gasteiger partial charge in [-0.3, -0.25) is 4.79 Å². The van der Waals surface area contributed by atoms with Gasteiger partial charge in [-0.1, -0.05) is 36.7 Å². The molecule has 1 amide bonds. The summed E-state index contributed by atoms with van der Waals surface area (Å²) in [6.45, 7) is 1.89. The first-order valence-electron chi connectivity index (χ1n) is 6.33. The summed E-state index contributed by atoms with van der Waals surface area (Å²) in [5.41, 5.74) is 0.481. The maximum atomic E-state index is 12.2. The van der Waals surface area contributed by atoms with E-state index in [1.807, 2.05) is 37.3 Å². The van der Waals surface area contributed by atoms with Gasteiger partial charge in [-0.15, -0.1) is 0 Å². The van der Waals surface area contributed by atoms with Crippen molar-refractivity contribution in [2.24, 2.45) is 0 Å². The minimum atomic E-state index is -0.575. The van der Waals surface area contributed by atoms with E-state index in [-0.39, 0.29) is 11.1 Å². The summed E-state index contributed by atoms with van der Waals surface area (Å²) >= 11 is 5.91. The Morgan fingerprint density at radius 3 is 2.70 bits per heavy atom. The smallest absolute Gasteiger partial charge is 0.265 e. The Labute approximate surface area is 122 Å². The van der Waals surface area contributed by atoms with E-state index in [2.05, 4.69) is 10.3 Å². The number of amides is 1. The van der Waals surface area contributed by atoms with Crippen LogP contribution in [-0.4, -0.2) is 17.0 Å². The zero-order valence-corrected chi connectivity index (χ0v) is 11.8. The number of rotatable bonds is 5. The summed E-state index contributed by atoms with van der Waals surface area (Å²) in [6, 6.07) is 12.6. The summed E-state index contributed by atoms with van der Waals surface area (Å²) in [5.74, 6) is 0.415. The molecule has 20 heavy (non-hydrogen) atoms. The molecule has 0 bridgehead atoms. The number of ether oxygens (including phenoxy) is 1. The Bertz CT molecular complexity index is 575. The normalized spacial score (nSPS) is 11.7. The van der Waals surface area contributed by atoms with Crippen molar-refractivity contribution in [3.05, 3.63) is 53.8 Å². The molecule has 5 heteroatoms. The van der Waals surface area contributed by atoms with Crippen LogP contribution in [0, 0.1) is 0 Å². The zero-order valence-electron chi connectivity index (χ0n) is 11.0. The van der Waals surface area contributed by atoms with Crippen LogP contribution in [0.15, 0.2) is 48.7 Å². The number of benzene rings is 1. The van der Waals surface area contributed by atoms with Gasteiger partial charge in [-0.25, -0.2) is 4.98 Å². The molecule has 1 unspecified atom stereocenters. The van der Waals surface area contributed by atoms with E-state index >= 15 is 0 Å². The number of hydrogen-bond acceptors (Lipinski definition) is 3. The first kappa shape index (κ1) is 14.3. The van der Waals surface area contributed by atoms with E-state index in [1.165, 1.54) is 0 Å². The largest absolute Gasteiger partial charge is 0.481 e. The van der Waals surface area contributed by atoms with Crippen molar-refractivity contribution < 1.29 is 9.53 Å². The van der Waals surface area contributed by atoms with Crippen LogP contribution in [0.4, 0.5) is 5.69 Å². The van der Waals surface area contributed by atoms with Crippen LogP contribution in [0.5, 0.6) is 5.75 Å². The van der Waals surface area contributed by atoms with Gasteiger partial charge in [0.2, 0.25) is 0 Å². The third-order valence-corrected chi connectivity index (χ3v) is 3.00. The van der Waals surface area contributed by atoms with Gasteiger partial charge >= 0.3 is 0 Å². The average molecular weight is 291 g/mol. The molecule has 1 aromatic carbocycles. The van der Waals surface area contributed by atoms with Gasteiger partial charge in [-0.05, 0) is 30.7 Å². The highest BCUT2D eigenvalue weighted by Gasteiger charge is 2.19. The standard InChI is InChI=1S/C15H15ClN2O2/c1-2-13(20-11-7-4-3-5-8-11)15(19)18-12-9-6-10-17-14(12)16/h3-10,13H,2H2,1H3,(H,18,19). The molecule has 0 aliphatic carbocycles. The molecule has 0 radical (unpaired) electrons. The second-order valence-electron chi connectivity index (χ2n) is 4.16. The van der Waals surface area contributed by atoms with Crippen molar-refractivity contribution in [1.82, 2.24) is 4.98 Å². The van der Waals surface area contributed by atoms with Crippen LogP contribution in [0.25, 0.3) is 0 Å². The van der Waals surface area contributed by atoms with Gasteiger partial charge in [-0.2, -0.15) is 0 Å². The number of carbonyl (C=O) groups is 1. The van der Waals surface area contributed by atoms with Gasteiger partial charge in [0.25, 0.3) is 5.91 Å². The molecule has 0 fully saturated rings. The highest BCUT2D eigenvalue weighted by Crippen LogP contribution is 2.19. The molecule has 2 aromatic rings. The maximum absolute atomic E-state index is 12.2. The number of hydrogen-bond donors (Lipinski definition) is 1. The molecule has 1 heterocycles. The molecule has 1 N–H and O–H groups in total. The summed E-state index contributed by atoms with van der Waals surface area (Å²) < 4.78 is 5.66. The third kappa shape index (κ3) is 3.71. The molecule has 0 spiro atoms. The number of carbonyl (C=O) groups excluding carboxylic acids is 1. The predicted octanol–water partition coefficient (Wildman–Crippen LogP) is 3.53. The van der Waals surface area contributed by atoms with Crippen LogP contribution >= 0.6 is 11.6 Å². The SMILES string of the molecule is CCC(Oc1ccccc1)C(=O)Nc1cccnc1Cl. The fourth-order valence-electron chi connectivity index (χ4n) is 1.68. The number of para-hydroxylation sites is 1. The van der Waals surface area contributed by atoms with Crippen LogP contribution in [-0.2, 0) is 4.79 Å². The second kappa shape index (κ2) is 6.91. The maximum Gasteiger partial charge on any atom is 0.265 e. The third-order valence-electron chi connectivity index (χ3n) is 2.70. The summed E-state index contributed by atoms with van der Waals surface area (Å²) in [7, 11) is 0. The monoisotopic (exact) mass is 290 g/mol. The van der Waals surface area contributed by atoms with Crippen LogP contribution < -0.4 is 10.1 Å². The molecule has 0 saturated heterocycles. The Morgan fingerprint density at radius 1 is 1.30 bits per heavy atom. The van der Waals surface area contributed by atoms with E-state index in [0.717, 1.165) is 0 Å². The quantitative estimate of drug-likeness (QED) is 0.857. The summed E-state index contributed by atoms with van der Waals surface area (Å²) in [5, 5.41) is 2.98. The van der Waals surface area contributed by atoms with E-state index in [0.29, 0.717) is 17.9 Å². The highest BCUT2D eigenvalue weighted by molar-refractivity contribution is 6.32. The summed E-state index contributed by atoms with van der Waals surface area (Å²) in [6.07, 6.45) is 1.54. The van der Waals surface area contributed by atoms with Crippen molar-refractivity contribution in [2.45, 2.75) is 19.4 Å². The van der Waals surface area contributed by atoms with Gasteiger partial charge in [0.1, 0.15) is 5.75 Å². The first-order chi connectivity index (χ1) is 9.70. The van der Waals surface area contributed by atoms with E-state index in [4.69, 9.17) is 16.3 Å². The first-order valence-corrected chi connectivity index (χ1v) is 6.71. The number of anilines is 1. The molecular formula is C15H15ClN2O2. The molecular weight excluding hydrogens is 276 g/mol. The fourth-order valence-corrected chi connectivity index (χ4v) is 1.84. The van der Waals surface area contributed by atoms with E-state index in [9.17, 15) is 4.79 Å². The minimum absolute atomic E-state index is 0.244. The molecule has 1 atom stereocenters. The lowest BCUT2D eigenvalue weighted by molar-refractivity contribution is -0.122. The number of pyridine rings is 1. The lowest BCUT2D eigenvalue weighted by atomic mass is 10.2. The lowest BCUT2D eigenvalue weighted by Crippen LogP contribution is -2.32. The highest BCUT2D eigenvalue weighted by atomic mass is 35.5. The van der Waals surface area contributed by atoms with Crippen molar-refractivity contribution in [1.29, 1.82) is 0 Å². The Morgan fingerprint density at radius 2 is 2.05 bits per heavy atom. The zero-order chi connectivity index (χ0) is 14.4. The van der Waals surface area contributed by atoms with Crippen LogP contribution in [0.3, 0.4) is 0 Å². The fraction of sp³-hybridized carbons (Fsp3) is 0.200. The van der Waals surface area contributed by atoms with Crippen LogP contribution in [0.1, 0.15) is 13.3 Å². The average Bonchev–Trinajstić information content (AvgIpc) is 2.48.